The Morgan fingerprint density at radius 2 is 1.90 bits per heavy atom. The van der Waals surface area contributed by atoms with Gasteiger partial charge in [-0.05, 0) is 30.2 Å². The number of nitrogens with zero attached hydrogens (tertiary/aromatic N) is 1. The summed E-state index contributed by atoms with van der Waals surface area (Å²) in [5, 5.41) is 3.05. The summed E-state index contributed by atoms with van der Waals surface area (Å²) in [6.07, 6.45) is 4.64. The number of rotatable bonds is 6. The van der Waals surface area contributed by atoms with Gasteiger partial charge in [-0.15, -0.1) is 0 Å². The number of benzene rings is 1. The first kappa shape index (κ1) is 14.2. The van der Waals surface area contributed by atoms with Crippen LogP contribution in [0.5, 0.6) is 0 Å². The Hall–Kier alpha value is -2.20. The van der Waals surface area contributed by atoms with E-state index in [-0.39, 0.29) is 11.9 Å². The topological polar surface area (TPSA) is 68.0 Å². The monoisotopic (exact) mass is 269 g/mol. The molecule has 1 aromatic heterocycles. The number of nitrogens with two attached hydrogens (primary N) is 1. The fourth-order valence-corrected chi connectivity index (χ4v) is 2.05. The van der Waals surface area contributed by atoms with E-state index in [4.69, 9.17) is 5.73 Å². The second-order valence-corrected chi connectivity index (χ2v) is 4.59. The van der Waals surface area contributed by atoms with Crippen molar-refractivity contribution in [2.75, 3.05) is 6.54 Å². The SMILES string of the molecule is NCCCC(=O)NC(c1ccccc1)c1cccnc1. The highest BCUT2D eigenvalue weighted by molar-refractivity contribution is 5.77. The molecule has 0 saturated heterocycles. The molecule has 1 unspecified atom stereocenters. The number of hydrogen-bond acceptors (Lipinski definition) is 3. The van der Waals surface area contributed by atoms with Gasteiger partial charge in [0.1, 0.15) is 0 Å². The van der Waals surface area contributed by atoms with Crippen molar-refractivity contribution in [3.8, 4) is 0 Å². The highest BCUT2D eigenvalue weighted by Gasteiger charge is 2.16. The Bertz CT molecular complexity index is 488. The van der Waals surface area contributed by atoms with Crippen molar-refractivity contribution in [3.05, 3.63) is 66.0 Å². The zero-order valence-corrected chi connectivity index (χ0v) is 11.3. The lowest BCUT2D eigenvalue weighted by Gasteiger charge is -2.19. The van der Waals surface area contributed by atoms with Gasteiger partial charge in [-0.1, -0.05) is 36.4 Å². The lowest BCUT2D eigenvalue weighted by atomic mass is 10.00. The molecule has 0 fully saturated rings. The number of pyridine rings is 1. The minimum atomic E-state index is -0.171. The number of amides is 1. The van der Waals surface area contributed by atoms with Crippen molar-refractivity contribution in [2.45, 2.75) is 18.9 Å². The van der Waals surface area contributed by atoms with E-state index in [1.165, 1.54) is 0 Å². The van der Waals surface area contributed by atoms with Crippen LogP contribution in [0.2, 0.25) is 0 Å². The molecular formula is C16H19N3O. The van der Waals surface area contributed by atoms with Gasteiger partial charge in [0.15, 0.2) is 0 Å². The molecule has 1 atom stereocenters. The maximum atomic E-state index is 12.0. The Kier molecular flexibility index (Phi) is 5.26. The first-order chi connectivity index (χ1) is 9.81. The molecule has 4 heteroatoms. The number of nitrogens with one attached hydrogen (secondary N) is 1. The van der Waals surface area contributed by atoms with E-state index in [0.717, 1.165) is 11.1 Å². The molecule has 1 heterocycles. The molecule has 1 amide bonds. The van der Waals surface area contributed by atoms with E-state index < -0.39 is 0 Å². The molecule has 2 rings (SSSR count). The Labute approximate surface area is 119 Å². The molecule has 1 aromatic carbocycles. The molecule has 0 aliphatic heterocycles. The zero-order valence-electron chi connectivity index (χ0n) is 11.3. The summed E-state index contributed by atoms with van der Waals surface area (Å²) < 4.78 is 0. The van der Waals surface area contributed by atoms with E-state index in [9.17, 15) is 4.79 Å². The second-order valence-electron chi connectivity index (χ2n) is 4.59. The van der Waals surface area contributed by atoms with Gasteiger partial charge in [0.05, 0.1) is 6.04 Å². The summed E-state index contributed by atoms with van der Waals surface area (Å²) in [4.78, 5) is 16.1. The van der Waals surface area contributed by atoms with Gasteiger partial charge in [-0.2, -0.15) is 0 Å². The summed E-state index contributed by atoms with van der Waals surface area (Å²) in [5.41, 5.74) is 7.46. The molecule has 3 N–H and O–H groups in total. The van der Waals surface area contributed by atoms with Gasteiger partial charge in [0.25, 0.3) is 0 Å². The molecule has 4 nitrogen and oxygen atoms in total. The summed E-state index contributed by atoms with van der Waals surface area (Å²) in [6.45, 7) is 0.524. The predicted molar refractivity (Wildman–Crippen MR) is 79.0 cm³/mol. The minimum absolute atomic E-state index is 0.00755. The number of carbonyl (C=O) groups is 1. The van der Waals surface area contributed by atoms with Crippen LogP contribution in [-0.2, 0) is 4.79 Å². The molecule has 0 aliphatic carbocycles. The smallest absolute Gasteiger partial charge is 0.220 e. The van der Waals surface area contributed by atoms with Crippen molar-refractivity contribution in [1.82, 2.24) is 10.3 Å². The van der Waals surface area contributed by atoms with Gasteiger partial charge in [0, 0.05) is 18.8 Å². The fraction of sp³-hybridized carbons (Fsp3) is 0.250. The minimum Gasteiger partial charge on any atom is -0.345 e. The highest BCUT2D eigenvalue weighted by atomic mass is 16.1. The number of carbonyl (C=O) groups excluding carboxylic acids is 1. The molecule has 104 valence electrons. The van der Waals surface area contributed by atoms with E-state index in [0.29, 0.717) is 19.4 Å². The largest absolute Gasteiger partial charge is 0.345 e. The summed E-state index contributed by atoms with van der Waals surface area (Å²) in [5.74, 6) is 0.00755. The van der Waals surface area contributed by atoms with Crippen molar-refractivity contribution in [1.29, 1.82) is 0 Å². The van der Waals surface area contributed by atoms with Crippen LogP contribution < -0.4 is 11.1 Å². The molecule has 0 spiro atoms. The molecule has 0 bridgehead atoms. The molecule has 0 aliphatic rings. The lowest BCUT2D eigenvalue weighted by Crippen LogP contribution is -2.29. The van der Waals surface area contributed by atoms with E-state index >= 15 is 0 Å². The van der Waals surface area contributed by atoms with Crippen LogP contribution in [0.25, 0.3) is 0 Å². The van der Waals surface area contributed by atoms with Crippen LogP contribution in [0, 0.1) is 0 Å². The van der Waals surface area contributed by atoms with Gasteiger partial charge >= 0.3 is 0 Å². The Morgan fingerprint density at radius 3 is 2.55 bits per heavy atom. The average molecular weight is 269 g/mol. The molecule has 20 heavy (non-hydrogen) atoms. The quantitative estimate of drug-likeness (QED) is 0.843. The van der Waals surface area contributed by atoms with E-state index in [1.54, 1.807) is 12.4 Å². The zero-order chi connectivity index (χ0) is 14.2. The fourth-order valence-electron chi connectivity index (χ4n) is 2.05. The van der Waals surface area contributed by atoms with Crippen LogP contribution in [0.3, 0.4) is 0 Å². The van der Waals surface area contributed by atoms with Crippen LogP contribution in [0.15, 0.2) is 54.9 Å². The number of hydrogen-bond donors (Lipinski definition) is 2. The van der Waals surface area contributed by atoms with Gasteiger partial charge in [-0.3, -0.25) is 9.78 Å². The van der Waals surface area contributed by atoms with E-state index in [2.05, 4.69) is 10.3 Å². The van der Waals surface area contributed by atoms with Crippen LogP contribution in [0.1, 0.15) is 30.0 Å². The standard InChI is InChI=1S/C16H19N3O/c17-10-4-9-15(20)19-16(13-6-2-1-3-7-13)14-8-5-11-18-12-14/h1-3,5-8,11-12,16H,4,9-10,17H2,(H,19,20). The number of aromatic nitrogens is 1. The molecular weight excluding hydrogens is 250 g/mol. The molecule has 0 saturated carbocycles. The molecule has 0 radical (unpaired) electrons. The van der Waals surface area contributed by atoms with Gasteiger partial charge in [0.2, 0.25) is 5.91 Å². The maximum absolute atomic E-state index is 12.0. The van der Waals surface area contributed by atoms with Gasteiger partial charge < -0.3 is 11.1 Å². The summed E-state index contributed by atoms with van der Waals surface area (Å²) in [7, 11) is 0. The van der Waals surface area contributed by atoms with Crippen molar-refractivity contribution >= 4 is 5.91 Å². The lowest BCUT2D eigenvalue weighted by molar-refractivity contribution is -0.121. The third-order valence-corrected chi connectivity index (χ3v) is 3.06. The van der Waals surface area contributed by atoms with Crippen LogP contribution in [-0.4, -0.2) is 17.4 Å². The van der Waals surface area contributed by atoms with E-state index in [1.807, 2.05) is 42.5 Å². The van der Waals surface area contributed by atoms with Crippen molar-refractivity contribution in [2.24, 2.45) is 5.73 Å². The Balaban J connectivity index is 2.19. The summed E-state index contributed by atoms with van der Waals surface area (Å²) in [6, 6.07) is 13.6. The van der Waals surface area contributed by atoms with Crippen molar-refractivity contribution < 1.29 is 4.79 Å². The summed E-state index contributed by atoms with van der Waals surface area (Å²) >= 11 is 0. The third-order valence-electron chi connectivity index (χ3n) is 3.06. The average Bonchev–Trinajstić information content (AvgIpc) is 2.52. The predicted octanol–water partition coefficient (Wildman–Crippen LogP) is 2.03. The third kappa shape index (κ3) is 3.90. The highest BCUT2D eigenvalue weighted by Crippen LogP contribution is 2.21. The normalized spacial score (nSPS) is 11.8. The van der Waals surface area contributed by atoms with Crippen LogP contribution >= 0.6 is 0 Å². The Morgan fingerprint density at radius 1 is 1.15 bits per heavy atom. The first-order valence-corrected chi connectivity index (χ1v) is 6.75. The maximum Gasteiger partial charge on any atom is 0.220 e. The first-order valence-electron chi connectivity index (χ1n) is 6.75. The van der Waals surface area contributed by atoms with Crippen LogP contribution in [0.4, 0.5) is 0 Å². The second kappa shape index (κ2) is 7.40. The van der Waals surface area contributed by atoms with Crippen molar-refractivity contribution in [3.63, 3.8) is 0 Å². The van der Waals surface area contributed by atoms with Gasteiger partial charge in [-0.25, -0.2) is 0 Å². The molecule has 2 aromatic rings.